The largest absolute Gasteiger partial charge is 0.257 e. The average molecular weight is 412 g/mol. The normalized spacial score (nSPS) is 14.9. The Kier molecular flexibility index (Phi) is 4.85. The molecule has 2 atom stereocenters. The van der Waals surface area contributed by atoms with Crippen LogP contribution in [0.25, 0.3) is 0 Å². The highest BCUT2D eigenvalue weighted by Crippen LogP contribution is 2.41. The van der Waals surface area contributed by atoms with Crippen LogP contribution in [0.2, 0.25) is 0 Å². The van der Waals surface area contributed by atoms with E-state index in [0.717, 1.165) is 12.1 Å². The van der Waals surface area contributed by atoms with E-state index in [1.807, 2.05) is 0 Å². The minimum absolute atomic E-state index is 0.0200. The highest BCUT2D eigenvalue weighted by molar-refractivity contribution is 9.10. The molecule has 0 amide bonds. The van der Waals surface area contributed by atoms with Crippen LogP contribution in [0.15, 0.2) is 47.3 Å². The van der Waals surface area contributed by atoms with Crippen LogP contribution in [0.5, 0.6) is 0 Å². The Labute approximate surface area is 150 Å². The van der Waals surface area contributed by atoms with Crippen molar-refractivity contribution in [1.82, 2.24) is 25.2 Å². The lowest BCUT2D eigenvalue weighted by molar-refractivity contribution is 0.124. The maximum Gasteiger partial charge on any atom is 0.158 e. The van der Waals surface area contributed by atoms with Gasteiger partial charge in [-0.25, -0.2) is 17.9 Å². The van der Waals surface area contributed by atoms with Crippen molar-refractivity contribution in [3.8, 4) is 0 Å². The summed E-state index contributed by atoms with van der Waals surface area (Å²) in [6.07, 6.45) is 2.77. The molecule has 0 saturated heterocycles. The summed E-state index contributed by atoms with van der Waals surface area (Å²) in [5.41, 5.74) is -1.91. The number of nitrogens with zero attached hydrogens (tertiary/aromatic N) is 5. The van der Waals surface area contributed by atoms with Crippen LogP contribution < -0.4 is 0 Å². The van der Waals surface area contributed by atoms with Gasteiger partial charge in [-0.05, 0) is 57.0 Å². The van der Waals surface area contributed by atoms with E-state index in [9.17, 15) is 8.78 Å². The predicted molar refractivity (Wildman–Crippen MR) is 87.3 cm³/mol. The molecule has 1 aromatic carbocycles. The Morgan fingerprint density at radius 3 is 2.64 bits per heavy atom. The van der Waals surface area contributed by atoms with Crippen molar-refractivity contribution in [1.29, 1.82) is 0 Å². The van der Waals surface area contributed by atoms with Crippen LogP contribution in [-0.4, -0.2) is 25.2 Å². The zero-order valence-corrected chi connectivity index (χ0v) is 14.7. The molecule has 3 aromatic rings. The molecular formula is C16H13BrF3N5. The van der Waals surface area contributed by atoms with Crippen LogP contribution in [0.4, 0.5) is 13.2 Å². The summed E-state index contributed by atoms with van der Waals surface area (Å²) < 4.78 is 45.4. The molecule has 5 nitrogen and oxygen atoms in total. The Bertz CT molecular complexity index is 853. The van der Waals surface area contributed by atoms with Gasteiger partial charge in [-0.3, -0.25) is 4.98 Å². The fourth-order valence-electron chi connectivity index (χ4n) is 2.64. The van der Waals surface area contributed by atoms with E-state index >= 15 is 4.39 Å². The first kappa shape index (κ1) is 17.5. The van der Waals surface area contributed by atoms with Crippen molar-refractivity contribution in [2.75, 3.05) is 0 Å². The molecule has 2 heterocycles. The van der Waals surface area contributed by atoms with E-state index in [4.69, 9.17) is 0 Å². The zero-order chi connectivity index (χ0) is 18.0. The lowest BCUT2D eigenvalue weighted by Gasteiger charge is -2.30. The highest BCUT2D eigenvalue weighted by Gasteiger charge is 2.40. The van der Waals surface area contributed by atoms with E-state index < -0.39 is 23.2 Å². The predicted octanol–water partition coefficient (Wildman–Crippen LogP) is 3.78. The second-order valence-corrected chi connectivity index (χ2v) is 6.60. The molecule has 0 bridgehead atoms. The summed E-state index contributed by atoms with van der Waals surface area (Å²) >= 11 is 3.25. The van der Waals surface area contributed by atoms with Crippen molar-refractivity contribution >= 4 is 15.9 Å². The second kappa shape index (κ2) is 6.91. The lowest BCUT2D eigenvalue weighted by Crippen LogP contribution is -2.31. The number of hydrogen-bond acceptors (Lipinski definition) is 4. The summed E-state index contributed by atoms with van der Waals surface area (Å²) in [5.74, 6) is -2.59. The molecule has 0 radical (unpaired) electrons. The summed E-state index contributed by atoms with van der Waals surface area (Å²) in [4.78, 5) is 4.09. The minimum atomic E-state index is -2.05. The van der Waals surface area contributed by atoms with E-state index in [-0.39, 0.29) is 17.8 Å². The van der Waals surface area contributed by atoms with Gasteiger partial charge in [-0.1, -0.05) is 6.07 Å². The molecule has 3 rings (SSSR count). The van der Waals surface area contributed by atoms with Gasteiger partial charge < -0.3 is 0 Å². The highest BCUT2D eigenvalue weighted by atomic mass is 79.9. The van der Waals surface area contributed by atoms with Crippen molar-refractivity contribution in [2.24, 2.45) is 0 Å². The topological polar surface area (TPSA) is 56.5 Å². The first-order chi connectivity index (χ1) is 11.9. The third-order valence-corrected chi connectivity index (χ3v) is 4.45. The second-order valence-electron chi connectivity index (χ2n) is 5.69. The number of alkyl halides is 1. The Morgan fingerprint density at radius 1 is 1.24 bits per heavy atom. The van der Waals surface area contributed by atoms with Gasteiger partial charge in [0.25, 0.3) is 0 Å². The average Bonchev–Trinajstić information content (AvgIpc) is 3.07. The molecule has 0 aliphatic heterocycles. The Morgan fingerprint density at radius 2 is 2.04 bits per heavy atom. The van der Waals surface area contributed by atoms with Crippen LogP contribution in [-0.2, 0) is 12.2 Å². The number of hydrogen-bond donors (Lipinski definition) is 0. The van der Waals surface area contributed by atoms with Gasteiger partial charge in [0.15, 0.2) is 5.67 Å². The molecule has 9 heteroatoms. The van der Waals surface area contributed by atoms with Gasteiger partial charge in [0.2, 0.25) is 0 Å². The lowest BCUT2D eigenvalue weighted by atomic mass is 9.82. The van der Waals surface area contributed by atoms with Crippen molar-refractivity contribution in [3.05, 3.63) is 70.2 Å². The van der Waals surface area contributed by atoms with Crippen molar-refractivity contribution in [3.63, 3.8) is 0 Å². The Balaban J connectivity index is 2.07. The molecular weight excluding hydrogens is 399 g/mol. The van der Waals surface area contributed by atoms with Crippen LogP contribution in [0, 0.1) is 11.6 Å². The van der Waals surface area contributed by atoms with E-state index in [2.05, 4.69) is 36.4 Å². The summed E-state index contributed by atoms with van der Waals surface area (Å²) in [5, 5.41) is 10.7. The molecule has 130 valence electrons. The van der Waals surface area contributed by atoms with Crippen LogP contribution in [0.1, 0.15) is 24.1 Å². The zero-order valence-electron chi connectivity index (χ0n) is 13.1. The molecule has 2 aromatic heterocycles. The number of rotatable bonds is 5. The molecule has 0 spiro atoms. The minimum Gasteiger partial charge on any atom is -0.257 e. The third kappa shape index (κ3) is 3.71. The van der Waals surface area contributed by atoms with Gasteiger partial charge in [0.1, 0.15) is 18.0 Å². The fraction of sp³-hybridized carbons (Fsp3) is 0.250. The standard InChI is InChI=1S/C16H13BrF3N5/c1-16(20,15-5-2-10(17)7-21-15)13(8-25-9-22-23-24-25)12-4-3-11(18)6-14(12)19/h2-7,9,13H,8H2,1H3. The summed E-state index contributed by atoms with van der Waals surface area (Å²) in [6, 6.07) is 6.22. The number of pyridine rings is 1. The van der Waals surface area contributed by atoms with Crippen molar-refractivity contribution < 1.29 is 13.2 Å². The molecule has 2 unspecified atom stereocenters. The molecule has 25 heavy (non-hydrogen) atoms. The quantitative estimate of drug-likeness (QED) is 0.640. The monoisotopic (exact) mass is 411 g/mol. The molecule has 0 aliphatic carbocycles. The SMILES string of the molecule is CC(F)(c1ccc(Br)cn1)C(Cn1cnnn1)c1ccc(F)cc1F. The van der Waals surface area contributed by atoms with Gasteiger partial charge >= 0.3 is 0 Å². The molecule has 0 aliphatic rings. The maximum absolute atomic E-state index is 15.8. The maximum atomic E-state index is 15.8. The number of halogens is 4. The van der Waals surface area contributed by atoms with Gasteiger partial charge in [0.05, 0.1) is 12.2 Å². The molecule has 0 fully saturated rings. The third-order valence-electron chi connectivity index (χ3n) is 3.98. The van der Waals surface area contributed by atoms with E-state index in [1.165, 1.54) is 36.3 Å². The van der Waals surface area contributed by atoms with Crippen LogP contribution in [0.3, 0.4) is 0 Å². The first-order valence-corrected chi connectivity index (χ1v) is 8.14. The van der Waals surface area contributed by atoms with Gasteiger partial charge in [-0.15, -0.1) is 5.10 Å². The fourth-order valence-corrected chi connectivity index (χ4v) is 2.87. The first-order valence-electron chi connectivity index (χ1n) is 7.34. The smallest absolute Gasteiger partial charge is 0.158 e. The summed E-state index contributed by atoms with van der Waals surface area (Å²) in [7, 11) is 0. The van der Waals surface area contributed by atoms with Crippen LogP contribution >= 0.6 is 15.9 Å². The molecule has 0 N–H and O–H groups in total. The summed E-state index contributed by atoms with van der Waals surface area (Å²) in [6.45, 7) is 1.27. The van der Waals surface area contributed by atoms with E-state index in [1.54, 1.807) is 6.07 Å². The number of benzene rings is 1. The number of tetrazole rings is 1. The number of aromatic nitrogens is 5. The van der Waals surface area contributed by atoms with E-state index in [0.29, 0.717) is 4.47 Å². The van der Waals surface area contributed by atoms with Crippen molar-refractivity contribution in [2.45, 2.75) is 25.1 Å². The van der Waals surface area contributed by atoms with Gasteiger partial charge in [0, 0.05) is 22.7 Å². The Hall–Kier alpha value is -2.29. The molecule has 0 saturated carbocycles. The van der Waals surface area contributed by atoms with Gasteiger partial charge in [-0.2, -0.15) is 0 Å².